The maximum Gasteiger partial charge on any atom is 0.469 e. The molecule has 82 heavy (non-hydrogen) atoms. The molecule has 17 nitrogen and oxygen atoms in total. The Labute approximate surface area is 484 Å². The molecule has 6 rings (SSSR count). The number of phosphoric acid groups is 1. The molecule has 0 saturated carbocycles. The summed E-state index contributed by atoms with van der Waals surface area (Å²) in [7, 11) is -7.59. The molecule has 480 valence electrons. The molecule has 2 aliphatic rings. The molecular formula is C47H70F6Fm2O17P2S6Si2. The fraction of sp³-hybridized carbons (Fsp3) is 0.617. The number of alkyl halides is 6. The molecule has 3 unspecified atom stereocenters. The van der Waals surface area contributed by atoms with Crippen LogP contribution in [0, 0.1) is 11.8 Å². The normalized spacial score (nSPS) is 22.0. The van der Waals surface area contributed by atoms with Crippen LogP contribution in [0.1, 0.15) is 81.4 Å². The molecule has 2 fully saturated rings. The molecule has 0 bridgehead atoms. The summed E-state index contributed by atoms with van der Waals surface area (Å²) in [6.45, 7) is 24.5. The van der Waals surface area contributed by atoms with E-state index in [2.05, 4.69) is 60.8 Å². The van der Waals surface area contributed by atoms with Crippen molar-refractivity contribution in [3.05, 3.63) is 80.5 Å². The number of hydrogen-bond donors (Lipinski definition) is 3. The Morgan fingerprint density at radius 2 is 0.939 bits per heavy atom. The zero-order valence-electron chi connectivity index (χ0n) is 44.9. The molecule has 3 N–H and O–H groups in total. The summed E-state index contributed by atoms with van der Waals surface area (Å²) in [5, 5.41) is -0.879. The average Bonchev–Trinajstić information content (AvgIpc) is 3.73. The second-order valence-electron chi connectivity index (χ2n) is 21.2. The zero-order valence-corrected chi connectivity index (χ0v) is 58.4. The Hall–Kier alpha value is -4.11. The van der Waals surface area contributed by atoms with E-state index in [1.54, 1.807) is 6.92 Å². The fourth-order valence-corrected chi connectivity index (χ4v) is 16.3. The van der Waals surface area contributed by atoms with Crippen LogP contribution in [-0.4, -0.2) is 88.2 Å². The van der Waals surface area contributed by atoms with Crippen molar-refractivity contribution in [2.45, 2.75) is 156 Å². The van der Waals surface area contributed by atoms with Crippen molar-refractivity contribution in [3.8, 4) is 11.5 Å². The van der Waals surface area contributed by atoms with Crippen LogP contribution >= 0.6 is 15.4 Å². The van der Waals surface area contributed by atoms with Gasteiger partial charge in [0.15, 0.2) is 16.6 Å². The second kappa shape index (κ2) is 29.8. The Kier molecular flexibility index (Phi) is 28.3. The van der Waals surface area contributed by atoms with Gasteiger partial charge in [0.2, 0.25) is 12.6 Å². The van der Waals surface area contributed by atoms with Gasteiger partial charge >= 0.3 is 39.0 Å². The van der Waals surface area contributed by atoms with Crippen molar-refractivity contribution in [2.24, 2.45) is 11.8 Å². The van der Waals surface area contributed by atoms with E-state index in [0.29, 0.717) is 12.1 Å². The van der Waals surface area contributed by atoms with Gasteiger partial charge in [-0.05, 0) is 60.5 Å². The number of fused-ring (bicyclic) bond motifs is 2. The first-order chi connectivity index (χ1) is 35.5. The number of halogens is 6. The number of benzene rings is 2. The maximum atomic E-state index is 13.3. The maximum absolute atomic E-state index is 13.3. The fourth-order valence-electron chi connectivity index (χ4n) is 7.25. The van der Waals surface area contributed by atoms with E-state index in [0.717, 1.165) is 18.8 Å². The number of rotatable bonds is 14. The van der Waals surface area contributed by atoms with E-state index in [1.807, 2.05) is 40.8 Å². The molecule has 0 spiro atoms. The minimum absolute atomic E-state index is 0. The summed E-state index contributed by atoms with van der Waals surface area (Å²) in [4.78, 5) is 51.3. The Morgan fingerprint density at radius 3 is 1.22 bits per heavy atom. The van der Waals surface area contributed by atoms with Gasteiger partial charge in [-0.1, -0.05) is 70.2 Å². The third-order valence-corrected chi connectivity index (χ3v) is 30.0. The predicted molar refractivity (Wildman–Crippen MR) is 313 cm³/mol. The van der Waals surface area contributed by atoms with Gasteiger partial charge < -0.3 is 55.8 Å². The zero-order chi connectivity index (χ0) is 59.4. The van der Waals surface area contributed by atoms with Gasteiger partial charge in [-0.2, -0.15) is 26.3 Å². The molecule has 2 saturated heterocycles. The molecule has 2 aromatic heterocycles. The predicted octanol–water partition coefficient (Wildman–Crippen LogP) is 12.1. The molecule has 0 radical (unpaired) electrons. The van der Waals surface area contributed by atoms with Gasteiger partial charge in [-0.3, -0.25) is 9.09 Å². The third kappa shape index (κ3) is 21.4. The van der Waals surface area contributed by atoms with Gasteiger partial charge in [-0.15, -0.1) is 0 Å². The van der Waals surface area contributed by atoms with Crippen molar-refractivity contribution in [1.29, 1.82) is 0 Å². The van der Waals surface area contributed by atoms with Gasteiger partial charge in [0.1, 0.15) is 34.9 Å². The van der Waals surface area contributed by atoms with E-state index < -0.39 is 116 Å². The Balaban J connectivity index is 0.00000139. The SMILES string of the molecule is C.C.CC1[C@@H](Oc2ccc3c(C(F)(F)F)cc(=O)oc3c2)O[C@H](COP(=O)(O)O)[C@H]1O[Si](C)(C)C(C)(C)C.CC1[C@@H](Oc2ccc3c(C(F)(F)F)cc(=O)oc3c2)O[C@H](COP(C)(=O)O)[C@H]1O[Si](C)(C)C(C)(C)C.S=S=S=S=S=S.[Fm].[Fm]. The quantitative estimate of drug-likeness (QED) is 0.0461. The third-order valence-electron chi connectivity index (χ3n) is 13.2. The van der Waals surface area contributed by atoms with E-state index in [4.69, 9.17) is 50.9 Å². The summed E-state index contributed by atoms with van der Waals surface area (Å²) < 4.78 is 159. The first kappa shape index (κ1) is 77.9. The smallest absolute Gasteiger partial charge is 0.464 e. The summed E-state index contributed by atoms with van der Waals surface area (Å²) in [6.07, 6.45) is -14.2. The van der Waals surface area contributed by atoms with E-state index >= 15 is 0 Å². The largest absolute Gasteiger partial charge is 0.469 e. The molecule has 2 aliphatic heterocycles. The molecule has 2 aromatic carbocycles. The van der Waals surface area contributed by atoms with Crippen LogP contribution in [0.3, 0.4) is 0 Å². The van der Waals surface area contributed by atoms with Gasteiger partial charge in [0.05, 0.1) is 36.5 Å². The van der Waals surface area contributed by atoms with Crippen LogP contribution in [0.2, 0.25) is 36.3 Å². The molecule has 9 atom stereocenters. The first-order valence-electron chi connectivity index (χ1n) is 23.4. The summed E-state index contributed by atoms with van der Waals surface area (Å²) >= 11 is 9.03. The van der Waals surface area contributed by atoms with E-state index in [9.17, 15) is 50.0 Å². The van der Waals surface area contributed by atoms with Crippen LogP contribution in [-0.2, 0) is 107 Å². The van der Waals surface area contributed by atoms with Crippen molar-refractivity contribution in [3.63, 3.8) is 0 Å². The standard InChI is InChI=1S/C23H32F3O8PSi.C22H30F3O9PSi.2CH4.2Fm.S6/c1-13-20(34-36(6,7)22(2,3)4)18(12-30-35(5,28)29)33-21(13)31-14-8-9-15-16(23(24,25)26)11-19(27)32-17(15)10-14;1-12-19(34-36(5,6)21(2,3)4)17(11-30-35(27,28)29)33-20(12)31-13-7-8-14-15(22(23,24)25)10-18(26)32-16(14)9-13;;;;;1-3-5-6-4-2/h8-11,13,18,20-21H,12H2,1-7H3,(H,28,29);7-10,12,17,19-20H,11H2,1-6H3,(H2,27,28,29);2*1H4;;;/t13?,18-,20+,21+;12?,17-,19+,20+;;;;;/m11...../s1. The minimum atomic E-state index is -4.78. The van der Waals surface area contributed by atoms with E-state index in [-0.39, 0.29) is 70.9 Å². The first-order valence-corrected chi connectivity index (χ1v) is 39.4. The molecule has 4 heterocycles. The average molecular weight is 1850 g/mol. The Bertz CT molecular complexity index is 2960. The summed E-state index contributed by atoms with van der Waals surface area (Å²) in [5.41, 5.74) is -5.10. The van der Waals surface area contributed by atoms with E-state index in [1.165, 1.54) is 59.8 Å². The molecule has 35 heteroatoms. The van der Waals surface area contributed by atoms with Gasteiger partial charge in [-0.25, -0.2) is 14.2 Å². The number of hydrogen-bond acceptors (Lipinski definition) is 16. The topological polar surface area (TPSA) is 229 Å². The van der Waals surface area contributed by atoms with Crippen molar-refractivity contribution >= 4 is 112 Å². The van der Waals surface area contributed by atoms with Gasteiger partial charge in [0.25, 0.3) is 0 Å². The van der Waals surface area contributed by atoms with Crippen LogP contribution in [0.25, 0.3) is 21.9 Å². The molecule has 4 aromatic rings. The molecule has 0 amide bonds. The van der Waals surface area contributed by atoms with Gasteiger partial charge in [0, 0.05) is 111 Å². The van der Waals surface area contributed by atoms with Crippen molar-refractivity contribution < 1.29 is 95.8 Å². The minimum Gasteiger partial charge on any atom is -0.464 e. The Morgan fingerprint density at radius 1 is 0.610 bits per heavy atom. The van der Waals surface area contributed by atoms with Crippen molar-refractivity contribution in [2.75, 3.05) is 19.9 Å². The summed E-state index contributed by atoms with van der Waals surface area (Å²) in [6, 6.07) is 8.07. The number of ether oxygens (including phenoxy) is 4. The van der Waals surface area contributed by atoms with Crippen LogP contribution in [0.5, 0.6) is 11.5 Å². The van der Waals surface area contributed by atoms with Crippen LogP contribution < -0.4 is 20.7 Å². The summed E-state index contributed by atoms with van der Waals surface area (Å²) in [5.74, 6) is -0.622. The molecular weight excluding hydrogens is 1780 g/mol. The van der Waals surface area contributed by atoms with Crippen molar-refractivity contribution in [1.82, 2.24) is 0 Å². The monoisotopic (exact) mass is 1840 g/mol. The molecule has 0 aliphatic carbocycles. The van der Waals surface area contributed by atoms with Crippen LogP contribution in [0.4, 0.5) is 26.3 Å². The number of phosphoric ester groups is 1. The second-order valence-corrected chi connectivity index (χ2v) is 40.8. The van der Waals surface area contributed by atoms with Crippen LogP contribution in [0.15, 0.2) is 67.0 Å².